The third-order valence-corrected chi connectivity index (χ3v) is 7.66. The average molecular weight is 434 g/mol. The number of aromatic amines is 1. The molecule has 0 atom stereocenters. The Balaban J connectivity index is 1.16. The fourth-order valence-electron chi connectivity index (χ4n) is 3.59. The molecule has 0 bridgehead atoms. The SMILES string of the molecule is O=C(Cc1csc(-c2ccc(Cl)s2)n1)N1CCC(c2nc(C3CC3)n[nH]2)CC1. The minimum atomic E-state index is 0.149. The Bertz CT molecular complexity index is 984. The van der Waals surface area contributed by atoms with Crippen molar-refractivity contribution in [2.45, 2.75) is 43.9 Å². The third kappa shape index (κ3) is 3.86. The van der Waals surface area contributed by atoms with Crippen LogP contribution >= 0.6 is 34.3 Å². The Labute approximate surface area is 176 Å². The predicted octanol–water partition coefficient (Wildman–Crippen LogP) is 4.47. The van der Waals surface area contributed by atoms with E-state index in [1.807, 2.05) is 22.4 Å². The zero-order valence-electron chi connectivity index (χ0n) is 15.2. The summed E-state index contributed by atoms with van der Waals surface area (Å²) in [5.41, 5.74) is 0.834. The number of carbonyl (C=O) groups excluding carboxylic acids is 1. The monoisotopic (exact) mass is 433 g/mol. The normalized spacial score (nSPS) is 18.0. The van der Waals surface area contributed by atoms with Crippen molar-refractivity contribution in [1.29, 1.82) is 0 Å². The zero-order valence-corrected chi connectivity index (χ0v) is 17.6. The molecule has 2 aliphatic rings. The van der Waals surface area contributed by atoms with Crippen LogP contribution in [0, 0.1) is 0 Å². The number of piperidine rings is 1. The van der Waals surface area contributed by atoms with Gasteiger partial charge in [0.1, 0.15) is 10.8 Å². The molecule has 2 fully saturated rings. The number of nitrogens with one attached hydrogen (secondary N) is 1. The van der Waals surface area contributed by atoms with Gasteiger partial charge in [-0.15, -0.1) is 22.7 Å². The van der Waals surface area contributed by atoms with E-state index in [-0.39, 0.29) is 5.91 Å². The lowest BCUT2D eigenvalue weighted by Crippen LogP contribution is -2.39. The van der Waals surface area contributed by atoms with E-state index in [4.69, 9.17) is 11.6 Å². The van der Waals surface area contributed by atoms with E-state index in [1.54, 1.807) is 11.3 Å². The minimum absolute atomic E-state index is 0.149. The van der Waals surface area contributed by atoms with Crippen LogP contribution < -0.4 is 0 Å². The van der Waals surface area contributed by atoms with Crippen LogP contribution in [0.25, 0.3) is 9.88 Å². The van der Waals surface area contributed by atoms with Crippen LogP contribution in [-0.2, 0) is 11.2 Å². The number of halogens is 1. The molecule has 3 aromatic rings. The largest absolute Gasteiger partial charge is 0.342 e. The van der Waals surface area contributed by atoms with Crippen molar-refractivity contribution in [3.8, 4) is 9.88 Å². The molecule has 4 heterocycles. The molecular weight excluding hydrogens is 414 g/mol. The van der Waals surface area contributed by atoms with Crippen molar-refractivity contribution in [3.05, 3.63) is 39.2 Å². The van der Waals surface area contributed by atoms with Gasteiger partial charge in [0.25, 0.3) is 0 Å². The number of likely N-dealkylation sites (tertiary alicyclic amines) is 1. The Kier molecular flexibility index (Phi) is 4.94. The molecule has 0 spiro atoms. The summed E-state index contributed by atoms with van der Waals surface area (Å²) in [4.78, 5) is 25.0. The van der Waals surface area contributed by atoms with E-state index >= 15 is 0 Å². The van der Waals surface area contributed by atoms with Gasteiger partial charge in [-0.25, -0.2) is 9.97 Å². The number of hydrogen-bond acceptors (Lipinski definition) is 6. The van der Waals surface area contributed by atoms with Crippen LogP contribution in [0.5, 0.6) is 0 Å². The van der Waals surface area contributed by atoms with E-state index in [2.05, 4.69) is 20.2 Å². The fraction of sp³-hybridized carbons (Fsp3) is 0.474. The summed E-state index contributed by atoms with van der Waals surface area (Å²) in [5.74, 6) is 3.06. The second-order valence-electron chi connectivity index (χ2n) is 7.43. The topological polar surface area (TPSA) is 74.8 Å². The van der Waals surface area contributed by atoms with Gasteiger partial charge < -0.3 is 4.90 Å². The van der Waals surface area contributed by atoms with Gasteiger partial charge in [-0.3, -0.25) is 9.89 Å². The number of thiophene rings is 1. The Morgan fingerprint density at radius 1 is 1.18 bits per heavy atom. The van der Waals surface area contributed by atoms with Crippen molar-refractivity contribution < 1.29 is 4.79 Å². The first-order valence-corrected chi connectivity index (χ1v) is 11.6. The number of rotatable bonds is 5. The molecule has 6 nitrogen and oxygen atoms in total. The smallest absolute Gasteiger partial charge is 0.228 e. The van der Waals surface area contributed by atoms with Crippen molar-refractivity contribution in [2.75, 3.05) is 13.1 Å². The van der Waals surface area contributed by atoms with Crippen LogP contribution in [0.2, 0.25) is 4.34 Å². The number of hydrogen-bond donors (Lipinski definition) is 1. The molecule has 1 aliphatic heterocycles. The van der Waals surface area contributed by atoms with Gasteiger partial charge in [0.05, 0.1) is 21.3 Å². The number of nitrogens with zero attached hydrogens (tertiary/aromatic N) is 4. The predicted molar refractivity (Wildman–Crippen MR) is 111 cm³/mol. The van der Waals surface area contributed by atoms with Crippen molar-refractivity contribution in [2.24, 2.45) is 0 Å². The second-order valence-corrected chi connectivity index (χ2v) is 10.0. The highest BCUT2D eigenvalue weighted by molar-refractivity contribution is 7.23. The van der Waals surface area contributed by atoms with Gasteiger partial charge in [0.2, 0.25) is 5.91 Å². The zero-order chi connectivity index (χ0) is 19.1. The first-order chi connectivity index (χ1) is 13.7. The van der Waals surface area contributed by atoms with Gasteiger partial charge in [0, 0.05) is 30.3 Å². The second kappa shape index (κ2) is 7.57. The molecule has 1 saturated heterocycles. The third-order valence-electron chi connectivity index (χ3n) is 5.36. The van der Waals surface area contributed by atoms with Gasteiger partial charge >= 0.3 is 0 Å². The quantitative estimate of drug-likeness (QED) is 0.644. The summed E-state index contributed by atoms with van der Waals surface area (Å²) in [5, 5.41) is 10.4. The number of H-pyrrole nitrogens is 1. The molecule has 1 aliphatic carbocycles. The maximum Gasteiger partial charge on any atom is 0.228 e. The highest BCUT2D eigenvalue weighted by atomic mass is 35.5. The lowest BCUT2D eigenvalue weighted by Gasteiger charge is -2.30. The lowest BCUT2D eigenvalue weighted by atomic mass is 9.96. The number of carbonyl (C=O) groups is 1. The molecule has 9 heteroatoms. The summed E-state index contributed by atoms with van der Waals surface area (Å²) in [6.45, 7) is 1.53. The molecule has 3 aromatic heterocycles. The maximum absolute atomic E-state index is 12.7. The highest BCUT2D eigenvalue weighted by Gasteiger charge is 2.30. The standard InChI is InChI=1S/C19H20ClN5OS2/c20-15-4-3-14(28-15)19-21-13(10-27-19)9-16(26)25-7-5-12(6-8-25)18-22-17(23-24-18)11-1-2-11/h3-4,10-12H,1-2,5-9H2,(H,22,23,24). The van der Waals surface area contributed by atoms with E-state index < -0.39 is 0 Å². The van der Waals surface area contributed by atoms with Crippen LogP contribution in [0.3, 0.4) is 0 Å². The average Bonchev–Trinajstić information content (AvgIpc) is 3.10. The molecular formula is C19H20ClN5OS2. The van der Waals surface area contributed by atoms with Gasteiger partial charge in [-0.2, -0.15) is 5.10 Å². The molecule has 28 heavy (non-hydrogen) atoms. The van der Waals surface area contributed by atoms with E-state index in [0.717, 1.165) is 57.5 Å². The summed E-state index contributed by atoms with van der Waals surface area (Å²) >= 11 is 9.08. The number of thiazole rings is 1. The molecule has 1 amide bonds. The maximum atomic E-state index is 12.7. The summed E-state index contributed by atoms with van der Waals surface area (Å²) in [7, 11) is 0. The number of amides is 1. The van der Waals surface area contributed by atoms with E-state index in [1.165, 1.54) is 24.2 Å². The molecule has 5 rings (SSSR count). The van der Waals surface area contributed by atoms with Crippen LogP contribution in [-0.4, -0.2) is 44.1 Å². The van der Waals surface area contributed by atoms with Crippen LogP contribution in [0.15, 0.2) is 17.5 Å². The Hall–Kier alpha value is -1.77. The van der Waals surface area contributed by atoms with Crippen LogP contribution in [0.4, 0.5) is 0 Å². The molecule has 1 saturated carbocycles. The van der Waals surface area contributed by atoms with Crippen LogP contribution in [0.1, 0.15) is 54.9 Å². The molecule has 1 N–H and O–H groups in total. The van der Waals surface area contributed by atoms with Gasteiger partial charge in [0.15, 0.2) is 5.82 Å². The highest BCUT2D eigenvalue weighted by Crippen LogP contribution is 2.38. The summed E-state index contributed by atoms with van der Waals surface area (Å²) in [6.07, 6.45) is 4.64. The fourth-order valence-corrected chi connectivity index (χ4v) is 5.53. The Morgan fingerprint density at radius 2 is 2.00 bits per heavy atom. The van der Waals surface area contributed by atoms with Crippen molar-refractivity contribution >= 4 is 40.2 Å². The van der Waals surface area contributed by atoms with E-state index in [0.29, 0.717) is 18.3 Å². The molecule has 0 radical (unpaired) electrons. The first kappa shape index (κ1) is 18.3. The molecule has 0 unspecified atom stereocenters. The lowest BCUT2D eigenvalue weighted by molar-refractivity contribution is -0.131. The van der Waals surface area contributed by atoms with Gasteiger partial charge in [-0.1, -0.05) is 11.6 Å². The molecule has 146 valence electrons. The van der Waals surface area contributed by atoms with Gasteiger partial charge in [-0.05, 0) is 37.8 Å². The van der Waals surface area contributed by atoms with E-state index in [9.17, 15) is 4.79 Å². The molecule has 0 aromatic carbocycles. The number of aromatic nitrogens is 4. The minimum Gasteiger partial charge on any atom is -0.342 e. The summed E-state index contributed by atoms with van der Waals surface area (Å²) in [6, 6.07) is 3.85. The van der Waals surface area contributed by atoms with Crippen molar-refractivity contribution in [3.63, 3.8) is 0 Å². The summed E-state index contributed by atoms with van der Waals surface area (Å²) < 4.78 is 0.752. The first-order valence-electron chi connectivity index (χ1n) is 9.56. The van der Waals surface area contributed by atoms with Crippen molar-refractivity contribution in [1.82, 2.24) is 25.1 Å². The Morgan fingerprint density at radius 3 is 2.71 bits per heavy atom.